The Morgan fingerprint density at radius 1 is 1.46 bits per heavy atom. The minimum atomic E-state index is -0.858. The van der Waals surface area contributed by atoms with Gasteiger partial charge < -0.3 is 4.90 Å². The second-order valence-electron chi connectivity index (χ2n) is 6.05. The zero-order valence-corrected chi connectivity index (χ0v) is 14.5. The van der Waals surface area contributed by atoms with Gasteiger partial charge in [0.05, 0.1) is 17.4 Å². The third kappa shape index (κ3) is 3.76. The molecule has 0 spiro atoms. The summed E-state index contributed by atoms with van der Waals surface area (Å²) in [6.07, 6.45) is 4.05. The van der Waals surface area contributed by atoms with Crippen LogP contribution in [0, 0.1) is 6.92 Å². The highest BCUT2D eigenvalue weighted by atomic mass is 32.1. The summed E-state index contributed by atoms with van der Waals surface area (Å²) in [5.41, 5.74) is 3.11. The predicted molar refractivity (Wildman–Crippen MR) is 89.6 cm³/mol. The van der Waals surface area contributed by atoms with Crippen LogP contribution in [-0.4, -0.2) is 63.0 Å². The Hall–Kier alpha value is -1.93. The van der Waals surface area contributed by atoms with Crippen LogP contribution in [0.2, 0.25) is 0 Å². The second-order valence-corrected chi connectivity index (χ2v) is 6.99. The first kappa shape index (κ1) is 16.9. The van der Waals surface area contributed by atoms with Crippen molar-refractivity contribution in [2.45, 2.75) is 32.1 Å². The topological polar surface area (TPSA) is 62.2 Å². The van der Waals surface area contributed by atoms with E-state index in [1.807, 2.05) is 12.4 Å². The molecule has 2 aromatic heterocycles. The average Bonchev–Trinajstić information content (AvgIpc) is 3.13. The van der Waals surface area contributed by atoms with Crippen LogP contribution in [0.15, 0.2) is 24.1 Å². The molecular weight excluding hydrogens is 329 g/mol. The van der Waals surface area contributed by atoms with Crippen LogP contribution < -0.4 is 0 Å². The van der Waals surface area contributed by atoms with Crippen molar-refractivity contribution in [2.75, 3.05) is 20.1 Å². The summed E-state index contributed by atoms with van der Waals surface area (Å²) >= 11 is 1.59. The zero-order valence-electron chi connectivity index (χ0n) is 13.7. The van der Waals surface area contributed by atoms with Crippen molar-refractivity contribution < 1.29 is 9.18 Å². The van der Waals surface area contributed by atoms with Crippen LogP contribution in [0.5, 0.6) is 0 Å². The molecule has 0 saturated carbocycles. The molecule has 3 heterocycles. The molecule has 0 aliphatic carbocycles. The summed E-state index contributed by atoms with van der Waals surface area (Å²) in [5.74, 6) is -0.195. The minimum Gasteiger partial charge on any atom is -0.339 e. The van der Waals surface area contributed by atoms with Gasteiger partial charge in [-0.05, 0) is 13.3 Å². The van der Waals surface area contributed by atoms with Crippen LogP contribution >= 0.6 is 11.3 Å². The van der Waals surface area contributed by atoms with Gasteiger partial charge in [0.2, 0.25) is 0 Å². The molecule has 0 radical (unpaired) electrons. The highest BCUT2D eigenvalue weighted by molar-refractivity contribution is 7.09. The molecule has 0 unspecified atom stereocenters. The van der Waals surface area contributed by atoms with Gasteiger partial charge >= 0.3 is 0 Å². The molecular formula is C16H20FN5OS. The maximum Gasteiger partial charge on any atom is 0.273 e. The lowest BCUT2D eigenvalue weighted by molar-refractivity contribution is 0.0743. The Kier molecular flexibility index (Phi) is 5.15. The van der Waals surface area contributed by atoms with E-state index in [0.29, 0.717) is 31.7 Å². The van der Waals surface area contributed by atoms with Crippen LogP contribution in [-0.2, 0) is 6.54 Å². The minimum absolute atomic E-state index is 0.00729. The first-order valence-electron chi connectivity index (χ1n) is 7.83. The highest BCUT2D eigenvalue weighted by Gasteiger charge is 2.34. The number of hydrogen-bond donors (Lipinski definition) is 0. The summed E-state index contributed by atoms with van der Waals surface area (Å²) < 4.78 is 13.9. The van der Waals surface area contributed by atoms with E-state index in [1.54, 1.807) is 23.3 Å². The van der Waals surface area contributed by atoms with Gasteiger partial charge in [0, 0.05) is 50.0 Å². The highest BCUT2D eigenvalue weighted by Crippen LogP contribution is 2.25. The molecule has 6 nitrogen and oxygen atoms in total. The van der Waals surface area contributed by atoms with Crippen LogP contribution in [0.1, 0.15) is 27.5 Å². The Morgan fingerprint density at radius 3 is 2.96 bits per heavy atom. The SMILES string of the molecule is Cc1ncsc1CN1C[C@@H](F)C[C@H]1CN(C)C(=O)c1cnccn1. The molecule has 1 fully saturated rings. The molecule has 24 heavy (non-hydrogen) atoms. The number of nitrogens with zero attached hydrogens (tertiary/aromatic N) is 5. The molecule has 3 rings (SSSR count). The summed E-state index contributed by atoms with van der Waals surface area (Å²) in [5, 5.41) is 0. The summed E-state index contributed by atoms with van der Waals surface area (Å²) in [7, 11) is 1.72. The first-order valence-corrected chi connectivity index (χ1v) is 8.71. The lowest BCUT2D eigenvalue weighted by Crippen LogP contribution is -2.41. The van der Waals surface area contributed by atoms with Crippen molar-refractivity contribution in [3.05, 3.63) is 40.4 Å². The summed E-state index contributed by atoms with van der Waals surface area (Å²) in [6.45, 7) is 3.51. The van der Waals surface area contributed by atoms with Gasteiger partial charge in [-0.3, -0.25) is 14.7 Å². The zero-order chi connectivity index (χ0) is 17.1. The Morgan fingerprint density at radius 2 is 2.29 bits per heavy atom. The molecule has 128 valence electrons. The van der Waals surface area contributed by atoms with E-state index >= 15 is 0 Å². The molecule has 0 aromatic carbocycles. The number of rotatable bonds is 5. The van der Waals surface area contributed by atoms with Crippen molar-refractivity contribution in [3.63, 3.8) is 0 Å². The van der Waals surface area contributed by atoms with Crippen molar-refractivity contribution in [2.24, 2.45) is 0 Å². The molecule has 0 N–H and O–H groups in total. The number of likely N-dealkylation sites (tertiary alicyclic amines) is 1. The summed E-state index contributed by atoms with van der Waals surface area (Å²) in [4.78, 5) is 29.4. The van der Waals surface area contributed by atoms with Crippen molar-refractivity contribution in [1.29, 1.82) is 0 Å². The molecule has 1 saturated heterocycles. The van der Waals surface area contributed by atoms with Gasteiger partial charge in [-0.15, -0.1) is 11.3 Å². The molecule has 1 aliphatic rings. The van der Waals surface area contributed by atoms with Gasteiger partial charge in [0.15, 0.2) is 0 Å². The fraction of sp³-hybridized carbons (Fsp3) is 0.500. The number of thiazole rings is 1. The Balaban J connectivity index is 1.66. The molecule has 1 amide bonds. The van der Waals surface area contributed by atoms with E-state index in [0.717, 1.165) is 10.6 Å². The fourth-order valence-electron chi connectivity index (χ4n) is 2.97. The van der Waals surface area contributed by atoms with E-state index in [2.05, 4.69) is 19.9 Å². The van der Waals surface area contributed by atoms with E-state index in [1.165, 1.54) is 18.6 Å². The smallest absolute Gasteiger partial charge is 0.273 e. The maximum absolute atomic E-state index is 13.9. The van der Waals surface area contributed by atoms with Gasteiger partial charge in [0.25, 0.3) is 5.91 Å². The molecule has 2 aromatic rings. The van der Waals surface area contributed by atoms with Gasteiger partial charge in [-0.2, -0.15) is 0 Å². The number of aromatic nitrogens is 3. The standard InChI is InChI=1S/C16H20FN5OS/c1-11-15(24-10-20-11)9-22-7-12(17)5-13(22)8-21(2)16(23)14-6-18-3-4-19-14/h3-4,6,10,12-13H,5,7-9H2,1-2H3/t12-,13-/m0/s1. The molecule has 0 bridgehead atoms. The van der Waals surface area contributed by atoms with Crippen molar-refractivity contribution in [1.82, 2.24) is 24.8 Å². The maximum atomic E-state index is 13.9. The van der Waals surface area contributed by atoms with Gasteiger partial charge in [0.1, 0.15) is 11.9 Å². The van der Waals surface area contributed by atoms with Crippen LogP contribution in [0.3, 0.4) is 0 Å². The van der Waals surface area contributed by atoms with Crippen LogP contribution in [0.4, 0.5) is 4.39 Å². The molecule has 1 aliphatic heterocycles. The Labute approximate surface area is 144 Å². The number of amides is 1. The quantitative estimate of drug-likeness (QED) is 0.825. The van der Waals surface area contributed by atoms with Crippen LogP contribution in [0.25, 0.3) is 0 Å². The third-order valence-electron chi connectivity index (χ3n) is 4.28. The normalized spacial score (nSPS) is 21.1. The second kappa shape index (κ2) is 7.31. The van der Waals surface area contributed by atoms with E-state index in [4.69, 9.17) is 0 Å². The number of carbonyl (C=O) groups is 1. The summed E-state index contributed by atoms with van der Waals surface area (Å²) in [6, 6.07) is -0.00729. The Bertz CT molecular complexity index is 695. The largest absolute Gasteiger partial charge is 0.339 e. The van der Waals surface area contributed by atoms with E-state index in [9.17, 15) is 9.18 Å². The number of carbonyl (C=O) groups excluding carboxylic acids is 1. The van der Waals surface area contributed by atoms with Crippen molar-refractivity contribution >= 4 is 17.2 Å². The number of aryl methyl sites for hydroxylation is 1. The van der Waals surface area contributed by atoms with Gasteiger partial charge in [-0.1, -0.05) is 0 Å². The third-order valence-corrected chi connectivity index (χ3v) is 5.20. The first-order chi connectivity index (χ1) is 11.5. The average molecular weight is 349 g/mol. The van der Waals surface area contributed by atoms with E-state index < -0.39 is 6.17 Å². The fourth-order valence-corrected chi connectivity index (χ4v) is 3.77. The number of hydrogen-bond acceptors (Lipinski definition) is 6. The number of halogens is 1. The molecule has 2 atom stereocenters. The lowest BCUT2D eigenvalue weighted by atomic mass is 10.2. The predicted octanol–water partition coefficient (Wildman–Crippen LogP) is 1.93. The number of alkyl halides is 1. The number of likely N-dealkylation sites (N-methyl/N-ethyl adjacent to an activating group) is 1. The van der Waals surface area contributed by atoms with E-state index in [-0.39, 0.29) is 11.9 Å². The van der Waals surface area contributed by atoms with Gasteiger partial charge in [-0.25, -0.2) is 14.4 Å². The molecule has 8 heteroatoms. The van der Waals surface area contributed by atoms with Crippen molar-refractivity contribution in [3.8, 4) is 0 Å². The monoisotopic (exact) mass is 349 g/mol. The lowest BCUT2D eigenvalue weighted by Gasteiger charge is -2.28.